The summed E-state index contributed by atoms with van der Waals surface area (Å²) in [7, 11) is 0. The van der Waals surface area contributed by atoms with Gasteiger partial charge < -0.3 is 14.5 Å². The third kappa shape index (κ3) is 5.63. The van der Waals surface area contributed by atoms with Gasteiger partial charge in [0.05, 0.1) is 27.2 Å². The van der Waals surface area contributed by atoms with Crippen LogP contribution in [0.3, 0.4) is 0 Å². The molecular weight excluding hydrogens is 833 g/mol. The fourth-order valence-electron chi connectivity index (χ4n) is 12.5. The van der Waals surface area contributed by atoms with Gasteiger partial charge in [0.15, 0.2) is 0 Å². The van der Waals surface area contributed by atoms with Gasteiger partial charge in [-0.05, 0) is 107 Å². The molecule has 320 valence electrons. The zero-order chi connectivity index (χ0) is 44.1. The van der Waals surface area contributed by atoms with Gasteiger partial charge in [-0.25, -0.2) is 0 Å². The molecule has 11 aromatic rings. The van der Waals surface area contributed by atoms with Crippen molar-refractivity contribution in [2.45, 2.75) is 37.2 Å². The zero-order valence-electron chi connectivity index (χ0n) is 37.0. The Bertz CT molecular complexity index is 3670. The molecule has 4 heteroatoms. The Balaban J connectivity index is 1.11. The summed E-state index contributed by atoms with van der Waals surface area (Å²) in [5.74, 6) is 1.35. The molecule has 1 spiro atoms. The number of ether oxygens (including phenoxy) is 1. The van der Waals surface area contributed by atoms with E-state index in [4.69, 9.17) is 4.74 Å². The monoisotopic (exact) mass is 878 g/mol. The van der Waals surface area contributed by atoms with Gasteiger partial charge in [-0.1, -0.05) is 164 Å². The Labute approximate surface area is 394 Å². The molecule has 67 heavy (non-hydrogen) atoms. The van der Waals surface area contributed by atoms with Crippen LogP contribution in [0.5, 0.6) is 5.75 Å². The lowest BCUT2D eigenvalue weighted by Crippen LogP contribution is -2.50. The van der Waals surface area contributed by atoms with Crippen molar-refractivity contribution in [2.75, 3.05) is 9.80 Å². The highest BCUT2D eigenvalue weighted by Gasteiger charge is 2.57. The smallest absolute Gasteiger partial charge is 0.124 e. The molecule has 1 aromatic heterocycles. The molecule has 10 aromatic carbocycles. The Kier molecular flexibility index (Phi) is 8.76. The molecule has 2 heterocycles. The summed E-state index contributed by atoms with van der Waals surface area (Å²) in [6.07, 6.45) is 4.78. The highest BCUT2D eigenvalue weighted by molar-refractivity contribution is 7.26. The minimum absolute atomic E-state index is 0.156. The van der Waals surface area contributed by atoms with Crippen LogP contribution in [0, 0.1) is 5.92 Å². The zero-order valence-corrected chi connectivity index (χ0v) is 37.8. The van der Waals surface area contributed by atoms with Gasteiger partial charge in [0.25, 0.3) is 0 Å². The standard InChI is InChI=1S/C63H46N2OS/c1-4-23-43(24-5-1)64(44-25-6-2-7-26-44)60-46-29-12-11-22-42(46)40-57-59(60)49-39-41-21-10-13-30-47(41)61(62(49)67-57)65(45-27-8-3-9-28-45)54-36-20-35-53-58(54)48-31-14-15-32-50(48)63(53)51-33-16-18-37-55(51)66-56-38-19-17-34-52(56)63/h1-16,18,20-33,35-37,39-40,52,56H,17,19,34,38H2/t52?,56-,63?/m1/s1. The van der Waals surface area contributed by atoms with E-state index in [1.165, 1.54) is 99.4 Å². The van der Waals surface area contributed by atoms with Crippen molar-refractivity contribution in [2.24, 2.45) is 5.92 Å². The molecule has 0 bridgehead atoms. The number of hydrogen-bond donors (Lipinski definition) is 0. The molecule has 0 radical (unpaired) electrons. The average molecular weight is 879 g/mol. The van der Waals surface area contributed by atoms with Crippen molar-refractivity contribution in [3.8, 4) is 16.9 Å². The van der Waals surface area contributed by atoms with Crippen molar-refractivity contribution in [3.63, 3.8) is 0 Å². The Hall–Kier alpha value is -7.66. The van der Waals surface area contributed by atoms with E-state index in [1.807, 2.05) is 11.3 Å². The van der Waals surface area contributed by atoms with Gasteiger partial charge in [0.1, 0.15) is 11.9 Å². The highest BCUT2D eigenvalue weighted by atomic mass is 32.1. The maximum atomic E-state index is 6.99. The first-order chi connectivity index (χ1) is 33.3. The topological polar surface area (TPSA) is 15.7 Å². The highest BCUT2D eigenvalue weighted by Crippen LogP contribution is 2.65. The molecule has 2 unspecified atom stereocenters. The average Bonchev–Trinajstić information content (AvgIpc) is 3.90. The van der Waals surface area contributed by atoms with Crippen LogP contribution >= 0.6 is 11.3 Å². The van der Waals surface area contributed by atoms with Gasteiger partial charge in [-0.2, -0.15) is 0 Å². The molecule has 0 amide bonds. The lowest BCUT2D eigenvalue weighted by atomic mass is 9.58. The van der Waals surface area contributed by atoms with E-state index < -0.39 is 0 Å². The van der Waals surface area contributed by atoms with Crippen LogP contribution in [0.1, 0.15) is 42.4 Å². The number of thiophene rings is 1. The first-order valence-electron chi connectivity index (χ1n) is 23.8. The van der Waals surface area contributed by atoms with E-state index >= 15 is 0 Å². The van der Waals surface area contributed by atoms with Crippen LogP contribution in [-0.4, -0.2) is 6.10 Å². The molecule has 1 fully saturated rings. The maximum Gasteiger partial charge on any atom is 0.124 e. The third-order valence-electron chi connectivity index (χ3n) is 15.1. The second kappa shape index (κ2) is 15.2. The van der Waals surface area contributed by atoms with Gasteiger partial charge in [-0.3, -0.25) is 0 Å². The molecule has 1 aliphatic heterocycles. The summed E-state index contributed by atoms with van der Waals surface area (Å²) < 4.78 is 9.51. The van der Waals surface area contributed by atoms with Gasteiger partial charge in [-0.15, -0.1) is 11.3 Å². The minimum atomic E-state index is -0.344. The number of para-hydroxylation sites is 4. The van der Waals surface area contributed by atoms with E-state index in [0.717, 1.165) is 35.7 Å². The largest absolute Gasteiger partial charge is 0.490 e. The summed E-state index contributed by atoms with van der Waals surface area (Å²) in [6, 6.07) is 81.2. The number of rotatable bonds is 6. The molecular formula is C63H46N2OS. The van der Waals surface area contributed by atoms with Crippen molar-refractivity contribution < 1.29 is 4.74 Å². The van der Waals surface area contributed by atoms with E-state index in [1.54, 1.807) is 0 Å². The van der Waals surface area contributed by atoms with Crippen LogP contribution in [0.15, 0.2) is 218 Å². The Morgan fingerprint density at radius 2 is 1.03 bits per heavy atom. The van der Waals surface area contributed by atoms with Crippen LogP contribution < -0.4 is 14.5 Å². The quantitative estimate of drug-likeness (QED) is 0.165. The van der Waals surface area contributed by atoms with Crippen LogP contribution in [0.4, 0.5) is 34.1 Å². The summed E-state index contributed by atoms with van der Waals surface area (Å²) in [6.45, 7) is 0. The van der Waals surface area contributed by atoms with E-state index in [0.29, 0.717) is 5.92 Å². The van der Waals surface area contributed by atoms with Crippen LogP contribution in [0.25, 0.3) is 52.8 Å². The number of benzene rings is 10. The number of hydrogen-bond acceptors (Lipinski definition) is 4. The third-order valence-corrected chi connectivity index (χ3v) is 16.3. The number of fused-ring (bicyclic) bond motifs is 14. The number of nitrogens with zero attached hydrogens (tertiary/aromatic N) is 2. The Morgan fingerprint density at radius 3 is 1.76 bits per heavy atom. The lowest BCUT2D eigenvalue weighted by molar-refractivity contribution is 0.0427. The molecule has 14 rings (SSSR count). The molecule has 0 saturated heterocycles. The molecule has 3 atom stereocenters. The van der Waals surface area contributed by atoms with Crippen molar-refractivity contribution >= 4 is 87.2 Å². The van der Waals surface area contributed by atoms with E-state index in [2.05, 4.69) is 228 Å². The van der Waals surface area contributed by atoms with Gasteiger partial charge in [0, 0.05) is 60.4 Å². The molecule has 3 nitrogen and oxygen atoms in total. The summed E-state index contributed by atoms with van der Waals surface area (Å²) >= 11 is 1.92. The summed E-state index contributed by atoms with van der Waals surface area (Å²) in [5.41, 5.74) is 13.4. The van der Waals surface area contributed by atoms with E-state index in [9.17, 15) is 0 Å². The maximum absolute atomic E-state index is 6.99. The van der Waals surface area contributed by atoms with Crippen molar-refractivity contribution in [1.29, 1.82) is 0 Å². The fraction of sp³-hybridized carbons (Fsp3) is 0.111. The van der Waals surface area contributed by atoms with Crippen LogP contribution in [0.2, 0.25) is 0 Å². The minimum Gasteiger partial charge on any atom is -0.490 e. The van der Waals surface area contributed by atoms with E-state index in [-0.39, 0.29) is 11.5 Å². The lowest BCUT2D eigenvalue weighted by Gasteiger charge is -2.50. The van der Waals surface area contributed by atoms with Crippen LogP contribution in [-0.2, 0) is 5.41 Å². The van der Waals surface area contributed by atoms with Crippen molar-refractivity contribution in [1.82, 2.24) is 0 Å². The molecule has 3 aliphatic rings. The predicted molar refractivity (Wildman–Crippen MR) is 282 cm³/mol. The molecule has 1 saturated carbocycles. The second-order valence-electron chi connectivity index (χ2n) is 18.5. The van der Waals surface area contributed by atoms with Gasteiger partial charge in [0.2, 0.25) is 0 Å². The SMILES string of the molecule is c1ccc(N(c2cccc3c2-c2ccccc2C32c3ccccc3O[C@@H]3CCCCC32)c2c3ccccc3cc3c2sc2cc4ccccc4c(N(c4ccccc4)c4ccccc4)c23)cc1. The van der Waals surface area contributed by atoms with Gasteiger partial charge >= 0.3 is 0 Å². The normalized spacial score (nSPS) is 18.1. The predicted octanol–water partition coefficient (Wildman–Crippen LogP) is 17.6. The Morgan fingerprint density at radius 1 is 0.463 bits per heavy atom. The van der Waals surface area contributed by atoms with Crippen molar-refractivity contribution in [3.05, 3.63) is 235 Å². The first kappa shape index (κ1) is 38.6. The number of anilines is 6. The fourth-order valence-corrected chi connectivity index (χ4v) is 13.8. The molecule has 2 aliphatic carbocycles. The molecule has 0 N–H and O–H groups in total. The summed E-state index contributed by atoms with van der Waals surface area (Å²) in [4.78, 5) is 5.09. The second-order valence-corrected chi connectivity index (χ2v) is 19.6. The first-order valence-corrected chi connectivity index (χ1v) is 24.6. The summed E-state index contributed by atoms with van der Waals surface area (Å²) in [5, 5.41) is 7.39.